The van der Waals surface area contributed by atoms with Crippen LogP contribution in [0.25, 0.3) is 0 Å². The standard InChI is InChI=1S/C12H14F2N2O2/c13-8-4-9(14)11(5-10(8)15)16-12(17)7-2-1-3-18-6-7/h4-5,7H,1-3,6,15H2,(H,16,17). The SMILES string of the molecule is Nc1cc(NC(=O)C2CCCOC2)c(F)cc1F. The van der Waals surface area contributed by atoms with E-state index in [9.17, 15) is 13.6 Å². The van der Waals surface area contributed by atoms with Gasteiger partial charge < -0.3 is 15.8 Å². The summed E-state index contributed by atoms with van der Waals surface area (Å²) in [5, 5.41) is 2.41. The molecule has 1 heterocycles. The van der Waals surface area contributed by atoms with Crippen molar-refractivity contribution in [1.29, 1.82) is 0 Å². The summed E-state index contributed by atoms with van der Waals surface area (Å²) in [7, 11) is 0. The molecule has 3 N–H and O–H groups in total. The van der Waals surface area contributed by atoms with Crippen LogP contribution in [0.1, 0.15) is 12.8 Å². The number of carbonyl (C=O) groups excluding carboxylic acids is 1. The maximum Gasteiger partial charge on any atom is 0.229 e. The van der Waals surface area contributed by atoms with E-state index in [0.29, 0.717) is 25.7 Å². The molecule has 0 spiro atoms. The van der Waals surface area contributed by atoms with E-state index in [2.05, 4.69) is 5.32 Å². The molecule has 0 aromatic heterocycles. The van der Waals surface area contributed by atoms with Crippen LogP contribution in [-0.2, 0) is 9.53 Å². The molecule has 2 rings (SSSR count). The van der Waals surface area contributed by atoms with Gasteiger partial charge in [0.25, 0.3) is 0 Å². The van der Waals surface area contributed by atoms with Gasteiger partial charge in [-0.3, -0.25) is 4.79 Å². The quantitative estimate of drug-likeness (QED) is 0.794. The Morgan fingerprint density at radius 1 is 1.39 bits per heavy atom. The summed E-state index contributed by atoms with van der Waals surface area (Å²) >= 11 is 0. The number of hydrogen-bond donors (Lipinski definition) is 2. The lowest BCUT2D eigenvalue weighted by atomic mass is 10.0. The molecule has 1 aliphatic rings. The second kappa shape index (κ2) is 5.30. The molecule has 4 nitrogen and oxygen atoms in total. The molecular formula is C12H14F2N2O2. The predicted molar refractivity (Wildman–Crippen MR) is 62.9 cm³/mol. The van der Waals surface area contributed by atoms with Crippen molar-refractivity contribution >= 4 is 17.3 Å². The minimum absolute atomic E-state index is 0.107. The van der Waals surface area contributed by atoms with Crippen LogP contribution in [0.3, 0.4) is 0 Å². The lowest BCUT2D eigenvalue weighted by Crippen LogP contribution is -2.30. The smallest absolute Gasteiger partial charge is 0.229 e. The maximum absolute atomic E-state index is 13.4. The third-order valence-electron chi connectivity index (χ3n) is 2.88. The number of nitrogen functional groups attached to an aromatic ring is 1. The molecule has 98 valence electrons. The highest BCUT2D eigenvalue weighted by atomic mass is 19.1. The van der Waals surface area contributed by atoms with E-state index in [1.54, 1.807) is 0 Å². The summed E-state index contributed by atoms with van der Waals surface area (Å²) in [5.74, 6) is -2.32. The summed E-state index contributed by atoms with van der Waals surface area (Å²) in [4.78, 5) is 11.8. The van der Waals surface area contributed by atoms with E-state index in [-0.39, 0.29) is 23.2 Å². The number of hydrogen-bond acceptors (Lipinski definition) is 3. The van der Waals surface area contributed by atoms with Crippen molar-refractivity contribution < 1.29 is 18.3 Å². The monoisotopic (exact) mass is 256 g/mol. The normalized spacial score (nSPS) is 19.6. The Labute approximate surface area is 103 Å². The van der Waals surface area contributed by atoms with E-state index >= 15 is 0 Å². The van der Waals surface area contributed by atoms with Crippen molar-refractivity contribution in [2.75, 3.05) is 24.3 Å². The first kappa shape index (κ1) is 12.8. The Balaban J connectivity index is 2.08. The summed E-state index contributed by atoms with van der Waals surface area (Å²) in [6.45, 7) is 0.964. The first-order chi connectivity index (χ1) is 8.58. The third kappa shape index (κ3) is 2.76. The second-order valence-corrected chi connectivity index (χ2v) is 4.26. The van der Waals surface area contributed by atoms with Gasteiger partial charge >= 0.3 is 0 Å². The van der Waals surface area contributed by atoms with Crippen molar-refractivity contribution in [3.63, 3.8) is 0 Å². The molecule has 1 amide bonds. The van der Waals surface area contributed by atoms with Crippen molar-refractivity contribution in [2.24, 2.45) is 5.92 Å². The molecule has 1 atom stereocenters. The van der Waals surface area contributed by atoms with Crippen molar-refractivity contribution in [1.82, 2.24) is 0 Å². The summed E-state index contributed by atoms with van der Waals surface area (Å²) < 4.78 is 31.5. The number of rotatable bonds is 2. The van der Waals surface area contributed by atoms with Crippen LogP contribution in [0.5, 0.6) is 0 Å². The zero-order valence-electron chi connectivity index (χ0n) is 9.71. The van der Waals surface area contributed by atoms with Crippen LogP contribution < -0.4 is 11.1 Å². The third-order valence-corrected chi connectivity index (χ3v) is 2.88. The van der Waals surface area contributed by atoms with E-state index in [1.807, 2.05) is 0 Å². The maximum atomic E-state index is 13.4. The van der Waals surface area contributed by atoms with Gasteiger partial charge in [-0.05, 0) is 18.9 Å². The molecule has 1 aromatic carbocycles. The molecular weight excluding hydrogens is 242 g/mol. The molecule has 1 aliphatic heterocycles. The zero-order valence-corrected chi connectivity index (χ0v) is 9.71. The highest BCUT2D eigenvalue weighted by molar-refractivity contribution is 5.93. The van der Waals surface area contributed by atoms with Gasteiger partial charge in [0.2, 0.25) is 5.91 Å². The van der Waals surface area contributed by atoms with Gasteiger partial charge in [0.15, 0.2) is 0 Å². The number of halogens is 2. The second-order valence-electron chi connectivity index (χ2n) is 4.26. The van der Waals surface area contributed by atoms with Crippen LogP contribution in [0.4, 0.5) is 20.2 Å². The highest BCUT2D eigenvalue weighted by Crippen LogP contribution is 2.23. The minimum atomic E-state index is -0.841. The Morgan fingerprint density at radius 3 is 2.83 bits per heavy atom. The summed E-state index contributed by atoms with van der Waals surface area (Å²) in [5.41, 5.74) is 5.02. The first-order valence-corrected chi connectivity index (χ1v) is 5.71. The van der Waals surface area contributed by atoms with E-state index in [4.69, 9.17) is 10.5 Å². The molecule has 1 saturated heterocycles. The Kier molecular flexibility index (Phi) is 3.76. The lowest BCUT2D eigenvalue weighted by molar-refractivity contribution is -0.123. The van der Waals surface area contributed by atoms with Gasteiger partial charge in [0.05, 0.1) is 23.9 Å². The Bertz CT molecular complexity index is 460. The average Bonchev–Trinajstić information content (AvgIpc) is 2.37. The molecule has 0 radical (unpaired) electrons. The molecule has 1 fully saturated rings. The summed E-state index contributed by atoms with van der Waals surface area (Å²) in [6, 6.07) is 1.73. The Hall–Kier alpha value is -1.69. The van der Waals surface area contributed by atoms with Crippen LogP contribution in [-0.4, -0.2) is 19.1 Å². The van der Waals surface area contributed by atoms with Gasteiger partial charge in [-0.15, -0.1) is 0 Å². The van der Waals surface area contributed by atoms with E-state index < -0.39 is 11.6 Å². The molecule has 0 saturated carbocycles. The fourth-order valence-corrected chi connectivity index (χ4v) is 1.84. The van der Waals surface area contributed by atoms with E-state index in [0.717, 1.165) is 12.5 Å². The molecule has 0 bridgehead atoms. The predicted octanol–water partition coefficient (Wildman–Crippen LogP) is 1.91. The fraction of sp³-hybridized carbons (Fsp3) is 0.417. The van der Waals surface area contributed by atoms with Crippen molar-refractivity contribution in [3.8, 4) is 0 Å². The molecule has 1 unspecified atom stereocenters. The van der Waals surface area contributed by atoms with Crippen LogP contribution in [0, 0.1) is 17.6 Å². The molecule has 18 heavy (non-hydrogen) atoms. The van der Waals surface area contributed by atoms with Gasteiger partial charge in [-0.25, -0.2) is 8.78 Å². The topological polar surface area (TPSA) is 64.3 Å². The zero-order chi connectivity index (χ0) is 13.1. The number of ether oxygens (including phenoxy) is 1. The van der Waals surface area contributed by atoms with Gasteiger partial charge in [-0.1, -0.05) is 0 Å². The molecule has 0 aliphatic carbocycles. The molecule has 6 heteroatoms. The number of amides is 1. The number of benzene rings is 1. The average molecular weight is 256 g/mol. The number of anilines is 2. The van der Waals surface area contributed by atoms with Crippen molar-refractivity contribution in [2.45, 2.75) is 12.8 Å². The largest absolute Gasteiger partial charge is 0.396 e. The van der Waals surface area contributed by atoms with Crippen LogP contribution in [0.2, 0.25) is 0 Å². The van der Waals surface area contributed by atoms with Gasteiger partial charge in [0.1, 0.15) is 11.6 Å². The van der Waals surface area contributed by atoms with Crippen molar-refractivity contribution in [3.05, 3.63) is 23.8 Å². The number of nitrogens with two attached hydrogens (primary N) is 1. The van der Waals surface area contributed by atoms with Gasteiger partial charge in [-0.2, -0.15) is 0 Å². The number of carbonyl (C=O) groups is 1. The highest BCUT2D eigenvalue weighted by Gasteiger charge is 2.22. The van der Waals surface area contributed by atoms with Crippen LogP contribution >= 0.6 is 0 Å². The van der Waals surface area contributed by atoms with Gasteiger partial charge in [0, 0.05) is 12.7 Å². The van der Waals surface area contributed by atoms with Crippen LogP contribution in [0.15, 0.2) is 12.1 Å². The lowest BCUT2D eigenvalue weighted by Gasteiger charge is -2.21. The first-order valence-electron chi connectivity index (χ1n) is 5.71. The van der Waals surface area contributed by atoms with E-state index in [1.165, 1.54) is 0 Å². The fourth-order valence-electron chi connectivity index (χ4n) is 1.84. The Morgan fingerprint density at radius 2 is 2.17 bits per heavy atom. The number of nitrogens with one attached hydrogen (secondary N) is 1. The molecule has 1 aromatic rings. The minimum Gasteiger partial charge on any atom is -0.396 e. The summed E-state index contributed by atoms with van der Waals surface area (Å²) in [6.07, 6.45) is 1.50.